The van der Waals surface area contributed by atoms with E-state index in [1.165, 1.54) is 20.0 Å². The molecule has 0 bridgehead atoms. The van der Waals surface area contributed by atoms with E-state index in [9.17, 15) is 9.50 Å². The molecule has 2 aromatic rings. The van der Waals surface area contributed by atoms with Crippen LogP contribution in [-0.2, 0) is 5.60 Å². The van der Waals surface area contributed by atoms with Crippen LogP contribution in [0.25, 0.3) is 16.0 Å². The molecule has 20 heavy (non-hydrogen) atoms. The molecule has 0 aliphatic rings. The van der Waals surface area contributed by atoms with Crippen molar-refractivity contribution in [3.8, 4) is 11.1 Å². The third kappa shape index (κ3) is 2.54. The number of halogens is 1. The van der Waals surface area contributed by atoms with Crippen molar-refractivity contribution in [1.29, 1.82) is 0 Å². The largest absolute Gasteiger partial charge is 0.386 e. The van der Waals surface area contributed by atoms with Gasteiger partial charge in [-0.3, -0.25) is 4.98 Å². The lowest BCUT2D eigenvalue weighted by Gasteiger charge is -2.22. The van der Waals surface area contributed by atoms with Crippen molar-refractivity contribution < 1.29 is 9.50 Å². The van der Waals surface area contributed by atoms with Crippen LogP contribution < -0.4 is 0 Å². The molecule has 0 spiro atoms. The van der Waals surface area contributed by atoms with Crippen LogP contribution in [0.1, 0.15) is 25.0 Å². The van der Waals surface area contributed by atoms with Gasteiger partial charge in [0.1, 0.15) is 5.82 Å². The molecule has 2 rings (SSSR count). The Hall–Kier alpha value is -2.25. The van der Waals surface area contributed by atoms with Gasteiger partial charge in [-0.1, -0.05) is 18.2 Å². The van der Waals surface area contributed by atoms with Crippen LogP contribution >= 0.6 is 0 Å². The highest BCUT2D eigenvalue weighted by molar-refractivity contribution is 5.71. The fourth-order valence-corrected chi connectivity index (χ4v) is 2.22. The second-order valence-corrected chi connectivity index (χ2v) is 5.22. The Morgan fingerprint density at radius 1 is 1.30 bits per heavy atom. The van der Waals surface area contributed by atoms with Gasteiger partial charge in [0.2, 0.25) is 0 Å². The van der Waals surface area contributed by atoms with Crippen LogP contribution in [0.15, 0.2) is 30.6 Å². The molecule has 1 N–H and O–H groups in total. The zero-order valence-electron chi connectivity index (χ0n) is 11.6. The van der Waals surface area contributed by atoms with Crippen LogP contribution in [0, 0.1) is 19.3 Å². The quantitative estimate of drug-likeness (QED) is 0.838. The van der Waals surface area contributed by atoms with Crippen LogP contribution in [0.3, 0.4) is 0 Å². The van der Waals surface area contributed by atoms with Gasteiger partial charge in [0.15, 0.2) is 5.69 Å². The first-order chi connectivity index (χ1) is 9.34. The van der Waals surface area contributed by atoms with Gasteiger partial charge in [0.05, 0.1) is 18.4 Å². The Morgan fingerprint density at radius 2 is 2.00 bits per heavy atom. The standard InChI is InChI=1S/C16H15FN2O/c1-10-7-11(5-6-14(10)18-4)12-8-19-9-13(17)15(12)16(2,3)20/h5-9,20H,1-3H3. The van der Waals surface area contributed by atoms with E-state index in [1.807, 2.05) is 6.92 Å². The van der Waals surface area contributed by atoms with E-state index in [4.69, 9.17) is 6.57 Å². The molecule has 4 heteroatoms. The first-order valence-electron chi connectivity index (χ1n) is 6.19. The van der Waals surface area contributed by atoms with Crippen LogP contribution in [0.2, 0.25) is 0 Å². The van der Waals surface area contributed by atoms with Gasteiger partial charge >= 0.3 is 0 Å². The predicted octanol–water partition coefficient (Wildman–Crippen LogP) is 3.97. The first-order valence-corrected chi connectivity index (χ1v) is 6.19. The summed E-state index contributed by atoms with van der Waals surface area (Å²) in [6.45, 7) is 11.9. The number of benzene rings is 1. The number of hydrogen-bond acceptors (Lipinski definition) is 2. The SMILES string of the molecule is [C-]#[N+]c1ccc(-c2cncc(F)c2C(C)(C)O)cc1C. The smallest absolute Gasteiger partial charge is 0.190 e. The molecule has 0 fully saturated rings. The molecule has 0 saturated heterocycles. The summed E-state index contributed by atoms with van der Waals surface area (Å²) in [6.07, 6.45) is 2.62. The Balaban J connectivity index is 2.68. The highest BCUT2D eigenvalue weighted by Crippen LogP contribution is 2.34. The molecule has 0 atom stereocenters. The average molecular weight is 270 g/mol. The molecular formula is C16H15FN2O. The number of aromatic nitrogens is 1. The van der Waals surface area contributed by atoms with Crippen LogP contribution in [-0.4, -0.2) is 10.1 Å². The Labute approximate surface area is 117 Å². The fraction of sp³-hybridized carbons (Fsp3) is 0.250. The monoisotopic (exact) mass is 270 g/mol. The van der Waals surface area contributed by atoms with Gasteiger partial charge in [-0.25, -0.2) is 9.24 Å². The van der Waals surface area contributed by atoms with E-state index in [0.29, 0.717) is 11.3 Å². The minimum Gasteiger partial charge on any atom is -0.386 e. The molecule has 0 radical (unpaired) electrons. The molecule has 1 heterocycles. The van der Waals surface area contributed by atoms with E-state index in [0.717, 1.165) is 17.3 Å². The Morgan fingerprint density at radius 3 is 2.55 bits per heavy atom. The van der Waals surface area contributed by atoms with Crippen LogP contribution in [0.5, 0.6) is 0 Å². The van der Waals surface area contributed by atoms with Crippen molar-refractivity contribution >= 4 is 5.69 Å². The summed E-state index contributed by atoms with van der Waals surface area (Å²) in [4.78, 5) is 7.26. The third-order valence-corrected chi connectivity index (χ3v) is 3.14. The molecule has 3 nitrogen and oxygen atoms in total. The number of aryl methyl sites for hydroxylation is 1. The van der Waals surface area contributed by atoms with E-state index in [1.54, 1.807) is 18.2 Å². The lowest BCUT2D eigenvalue weighted by Crippen LogP contribution is -2.19. The molecule has 0 amide bonds. The normalized spacial score (nSPS) is 11.2. The number of nitrogens with zero attached hydrogens (tertiary/aromatic N) is 2. The van der Waals surface area contributed by atoms with E-state index < -0.39 is 11.4 Å². The van der Waals surface area contributed by atoms with Gasteiger partial charge in [-0.15, -0.1) is 0 Å². The van der Waals surface area contributed by atoms with Gasteiger partial charge in [0, 0.05) is 17.3 Å². The maximum Gasteiger partial charge on any atom is 0.190 e. The lowest BCUT2D eigenvalue weighted by molar-refractivity contribution is 0.0750. The van der Waals surface area contributed by atoms with E-state index >= 15 is 0 Å². The Kier molecular flexibility index (Phi) is 3.56. The molecule has 1 aromatic heterocycles. The lowest BCUT2D eigenvalue weighted by atomic mass is 9.90. The van der Waals surface area contributed by atoms with Crippen molar-refractivity contribution in [3.63, 3.8) is 0 Å². The molecule has 0 saturated carbocycles. The highest BCUT2D eigenvalue weighted by atomic mass is 19.1. The van der Waals surface area contributed by atoms with E-state index in [2.05, 4.69) is 9.83 Å². The minimum atomic E-state index is -1.31. The summed E-state index contributed by atoms with van der Waals surface area (Å²) in [5.74, 6) is -0.540. The number of aliphatic hydroxyl groups is 1. The zero-order chi connectivity index (χ0) is 14.9. The second-order valence-electron chi connectivity index (χ2n) is 5.22. The molecule has 1 aromatic carbocycles. The summed E-state index contributed by atoms with van der Waals surface area (Å²) in [7, 11) is 0. The molecular weight excluding hydrogens is 255 g/mol. The third-order valence-electron chi connectivity index (χ3n) is 3.14. The molecule has 0 aliphatic carbocycles. The van der Waals surface area contributed by atoms with Crippen molar-refractivity contribution in [2.24, 2.45) is 0 Å². The number of hydrogen-bond donors (Lipinski definition) is 1. The second kappa shape index (κ2) is 5.03. The molecule has 0 aliphatic heterocycles. The van der Waals surface area contributed by atoms with E-state index in [-0.39, 0.29) is 5.56 Å². The van der Waals surface area contributed by atoms with Crippen molar-refractivity contribution in [2.45, 2.75) is 26.4 Å². The molecule has 0 unspecified atom stereocenters. The van der Waals surface area contributed by atoms with Gasteiger partial charge in [-0.2, -0.15) is 0 Å². The average Bonchev–Trinajstić information content (AvgIpc) is 2.36. The maximum absolute atomic E-state index is 14.0. The molecule has 102 valence electrons. The van der Waals surface area contributed by atoms with Gasteiger partial charge in [-0.05, 0) is 31.9 Å². The van der Waals surface area contributed by atoms with Crippen molar-refractivity contribution in [3.05, 3.63) is 59.0 Å². The fourth-order valence-electron chi connectivity index (χ4n) is 2.22. The first kappa shape index (κ1) is 14.2. The zero-order valence-corrected chi connectivity index (χ0v) is 11.6. The van der Waals surface area contributed by atoms with Crippen LogP contribution in [0.4, 0.5) is 10.1 Å². The van der Waals surface area contributed by atoms with Gasteiger partial charge in [0.25, 0.3) is 0 Å². The van der Waals surface area contributed by atoms with Crippen molar-refractivity contribution in [1.82, 2.24) is 4.98 Å². The predicted molar refractivity (Wildman–Crippen MR) is 75.9 cm³/mol. The Bertz CT molecular complexity index is 697. The summed E-state index contributed by atoms with van der Waals surface area (Å²) in [6, 6.07) is 5.24. The summed E-state index contributed by atoms with van der Waals surface area (Å²) in [5.41, 5.74) is 1.54. The summed E-state index contributed by atoms with van der Waals surface area (Å²) in [5, 5.41) is 10.2. The number of pyridine rings is 1. The minimum absolute atomic E-state index is 0.211. The summed E-state index contributed by atoms with van der Waals surface area (Å²) < 4.78 is 14.0. The topological polar surface area (TPSA) is 37.5 Å². The number of rotatable bonds is 2. The highest BCUT2D eigenvalue weighted by Gasteiger charge is 2.25. The maximum atomic E-state index is 14.0. The van der Waals surface area contributed by atoms with Gasteiger partial charge < -0.3 is 5.11 Å². The summed E-state index contributed by atoms with van der Waals surface area (Å²) >= 11 is 0. The van der Waals surface area contributed by atoms with Crippen molar-refractivity contribution in [2.75, 3.05) is 0 Å².